The molecule has 0 radical (unpaired) electrons. The fourth-order valence-electron chi connectivity index (χ4n) is 1.58. The van der Waals surface area contributed by atoms with E-state index in [1.165, 1.54) is 7.05 Å². The summed E-state index contributed by atoms with van der Waals surface area (Å²) in [5.41, 5.74) is 0. The van der Waals surface area contributed by atoms with Gasteiger partial charge in [-0.05, 0) is 6.92 Å². The first-order valence-electron chi connectivity index (χ1n) is 5.47. The molecule has 0 aromatic carbocycles. The standard InChI is InChI=1S/C10H18N2O4/c1-3-15-10(14)12-6-4-8(5-7-12)16-9(13)11-2/h8H,3-7H2,1-2H3,(H,11,13). The first kappa shape index (κ1) is 12.6. The van der Waals surface area contributed by atoms with Crippen molar-refractivity contribution in [1.29, 1.82) is 0 Å². The van der Waals surface area contributed by atoms with Gasteiger partial charge in [-0.1, -0.05) is 0 Å². The van der Waals surface area contributed by atoms with E-state index >= 15 is 0 Å². The zero-order valence-corrected chi connectivity index (χ0v) is 9.69. The van der Waals surface area contributed by atoms with Crippen molar-refractivity contribution in [3.8, 4) is 0 Å². The first-order valence-corrected chi connectivity index (χ1v) is 5.47. The molecule has 0 aliphatic carbocycles. The Kier molecular flexibility index (Phi) is 4.88. The molecular weight excluding hydrogens is 212 g/mol. The van der Waals surface area contributed by atoms with Gasteiger partial charge in [0.05, 0.1) is 6.61 Å². The van der Waals surface area contributed by atoms with Crippen LogP contribution in [0.2, 0.25) is 0 Å². The predicted octanol–water partition coefficient (Wildman–Crippen LogP) is 0.963. The molecule has 1 rings (SSSR count). The zero-order chi connectivity index (χ0) is 12.0. The first-order chi connectivity index (χ1) is 7.67. The predicted molar refractivity (Wildman–Crippen MR) is 57.2 cm³/mol. The van der Waals surface area contributed by atoms with Gasteiger partial charge in [0.2, 0.25) is 0 Å². The van der Waals surface area contributed by atoms with Crippen LogP contribution in [0.3, 0.4) is 0 Å². The Labute approximate surface area is 94.9 Å². The maximum Gasteiger partial charge on any atom is 0.409 e. The third kappa shape index (κ3) is 3.60. The van der Waals surface area contributed by atoms with Crippen LogP contribution in [0.25, 0.3) is 0 Å². The number of nitrogens with zero attached hydrogens (tertiary/aromatic N) is 1. The Morgan fingerprint density at radius 2 is 2.00 bits per heavy atom. The molecule has 92 valence electrons. The monoisotopic (exact) mass is 230 g/mol. The van der Waals surface area contributed by atoms with E-state index in [1.54, 1.807) is 11.8 Å². The summed E-state index contributed by atoms with van der Waals surface area (Å²) in [7, 11) is 1.52. The van der Waals surface area contributed by atoms with Gasteiger partial charge in [-0.15, -0.1) is 0 Å². The molecule has 1 aliphatic heterocycles. The second kappa shape index (κ2) is 6.19. The minimum Gasteiger partial charge on any atom is -0.450 e. The molecule has 6 nitrogen and oxygen atoms in total. The minimum atomic E-state index is -0.422. The topological polar surface area (TPSA) is 67.9 Å². The molecule has 0 spiro atoms. The van der Waals surface area contributed by atoms with Gasteiger partial charge in [0.15, 0.2) is 0 Å². The van der Waals surface area contributed by atoms with Crippen LogP contribution in [0.15, 0.2) is 0 Å². The summed E-state index contributed by atoms with van der Waals surface area (Å²) < 4.78 is 9.99. The van der Waals surface area contributed by atoms with E-state index in [1.807, 2.05) is 0 Å². The highest BCUT2D eigenvalue weighted by molar-refractivity contribution is 5.68. The van der Waals surface area contributed by atoms with Gasteiger partial charge in [-0.3, -0.25) is 0 Å². The summed E-state index contributed by atoms with van der Waals surface area (Å²) >= 11 is 0. The summed E-state index contributed by atoms with van der Waals surface area (Å²) in [5.74, 6) is 0. The summed E-state index contributed by atoms with van der Waals surface area (Å²) in [6, 6.07) is 0. The molecule has 1 saturated heterocycles. The number of piperidine rings is 1. The van der Waals surface area contributed by atoms with Gasteiger partial charge < -0.3 is 19.7 Å². The van der Waals surface area contributed by atoms with Crippen molar-refractivity contribution in [1.82, 2.24) is 10.2 Å². The molecular formula is C10H18N2O4. The Morgan fingerprint density at radius 1 is 1.38 bits per heavy atom. The third-order valence-corrected chi connectivity index (χ3v) is 2.45. The molecule has 1 aliphatic rings. The molecule has 6 heteroatoms. The number of carbonyl (C=O) groups is 2. The maximum absolute atomic E-state index is 11.4. The van der Waals surface area contributed by atoms with Crippen LogP contribution in [-0.4, -0.2) is 49.9 Å². The van der Waals surface area contributed by atoms with E-state index in [9.17, 15) is 9.59 Å². The largest absolute Gasteiger partial charge is 0.450 e. The SMILES string of the molecule is CCOC(=O)N1CCC(OC(=O)NC)CC1. The number of ether oxygens (including phenoxy) is 2. The van der Waals surface area contributed by atoms with Crippen molar-refractivity contribution in [2.75, 3.05) is 26.7 Å². The van der Waals surface area contributed by atoms with Crippen molar-refractivity contribution < 1.29 is 19.1 Å². The van der Waals surface area contributed by atoms with Crippen LogP contribution in [0, 0.1) is 0 Å². The van der Waals surface area contributed by atoms with Crippen LogP contribution in [-0.2, 0) is 9.47 Å². The maximum atomic E-state index is 11.4. The van der Waals surface area contributed by atoms with Crippen LogP contribution in [0.5, 0.6) is 0 Å². The number of rotatable bonds is 2. The number of hydrogen-bond donors (Lipinski definition) is 1. The van der Waals surface area contributed by atoms with Crippen molar-refractivity contribution in [3.05, 3.63) is 0 Å². The van der Waals surface area contributed by atoms with E-state index in [0.717, 1.165) is 0 Å². The lowest BCUT2D eigenvalue weighted by Gasteiger charge is -2.30. The summed E-state index contributed by atoms with van der Waals surface area (Å²) in [4.78, 5) is 24.0. The highest BCUT2D eigenvalue weighted by Crippen LogP contribution is 2.14. The molecule has 0 bridgehead atoms. The van der Waals surface area contributed by atoms with Gasteiger partial charge in [-0.25, -0.2) is 9.59 Å². The van der Waals surface area contributed by atoms with E-state index in [0.29, 0.717) is 32.5 Å². The molecule has 1 N–H and O–H groups in total. The Balaban J connectivity index is 2.28. The number of hydrogen-bond acceptors (Lipinski definition) is 4. The molecule has 0 saturated carbocycles. The Morgan fingerprint density at radius 3 is 2.50 bits per heavy atom. The van der Waals surface area contributed by atoms with Crippen molar-refractivity contribution in [2.45, 2.75) is 25.9 Å². The fraction of sp³-hybridized carbons (Fsp3) is 0.800. The molecule has 0 aromatic rings. The lowest BCUT2D eigenvalue weighted by molar-refractivity contribution is 0.0441. The lowest BCUT2D eigenvalue weighted by Crippen LogP contribution is -2.42. The van der Waals surface area contributed by atoms with Gasteiger partial charge in [0, 0.05) is 33.0 Å². The molecule has 0 atom stereocenters. The normalized spacial score (nSPS) is 16.8. The summed E-state index contributed by atoms with van der Waals surface area (Å²) in [5, 5.41) is 2.40. The highest BCUT2D eigenvalue weighted by Gasteiger charge is 2.25. The molecule has 2 amide bonds. The summed E-state index contributed by atoms with van der Waals surface area (Å²) in [6.07, 6.45) is 0.500. The van der Waals surface area contributed by atoms with Crippen molar-refractivity contribution >= 4 is 12.2 Å². The second-order valence-electron chi connectivity index (χ2n) is 3.54. The highest BCUT2D eigenvalue weighted by atomic mass is 16.6. The van der Waals surface area contributed by atoms with Crippen molar-refractivity contribution in [3.63, 3.8) is 0 Å². The van der Waals surface area contributed by atoms with Gasteiger partial charge in [-0.2, -0.15) is 0 Å². The van der Waals surface area contributed by atoms with E-state index in [2.05, 4.69) is 5.32 Å². The zero-order valence-electron chi connectivity index (χ0n) is 9.69. The second-order valence-corrected chi connectivity index (χ2v) is 3.54. The lowest BCUT2D eigenvalue weighted by atomic mass is 10.1. The molecule has 1 fully saturated rings. The third-order valence-electron chi connectivity index (χ3n) is 2.45. The average Bonchev–Trinajstić information content (AvgIpc) is 2.30. The molecule has 1 heterocycles. The van der Waals surface area contributed by atoms with E-state index in [4.69, 9.17) is 9.47 Å². The van der Waals surface area contributed by atoms with E-state index in [-0.39, 0.29) is 12.2 Å². The van der Waals surface area contributed by atoms with Crippen LogP contribution in [0.1, 0.15) is 19.8 Å². The van der Waals surface area contributed by atoms with Crippen LogP contribution in [0.4, 0.5) is 9.59 Å². The number of nitrogens with one attached hydrogen (secondary N) is 1. The quantitative estimate of drug-likeness (QED) is 0.767. The average molecular weight is 230 g/mol. The number of amides is 2. The van der Waals surface area contributed by atoms with Crippen molar-refractivity contribution in [2.24, 2.45) is 0 Å². The smallest absolute Gasteiger partial charge is 0.409 e. The summed E-state index contributed by atoms with van der Waals surface area (Å²) in [6.45, 7) is 3.30. The molecule has 0 aromatic heterocycles. The van der Waals surface area contributed by atoms with Crippen LogP contribution >= 0.6 is 0 Å². The number of likely N-dealkylation sites (tertiary alicyclic amines) is 1. The van der Waals surface area contributed by atoms with Gasteiger partial charge >= 0.3 is 12.2 Å². The Bertz CT molecular complexity index is 249. The fourth-order valence-corrected chi connectivity index (χ4v) is 1.58. The van der Waals surface area contributed by atoms with E-state index < -0.39 is 6.09 Å². The molecule has 0 unspecified atom stereocenters. The Hall–Kier alpha value is -1.46. The van der Waals surface area contributed by atoms with Gasteiger partial charge in [0.25, 0.3) is 0 Å². The van der Waals surface area contributed by atoms with Crippen LogP contribution < -0.4 is 5.32 Å². The number of alkyl carbamates (subject to hydrolysis) is 1. The molecule has 16 heavy (non-hydrogen) atoms. The minimum absolute atomic E-state index is 0.106. The number of carbonyl (C=O) groups excluding carboxylic acids is 2. The van der Waals surface area contributed by atoms with Gasteiger partial charge in [0.1, 0.15) is 6.10 Å².